The fourth-order valence-corrected chi connectivity index (χ4v) is 0.533. The molecule has 0 unspecified atom stereocenters. The molecule has 0 aromatic carbocycles. The minimum Gasteiger partial charge on any atom is -0.390 e. The Kier molecular flexibility index (Phi) is 1.36. The molecule has 0 bridgehead atoms. The zero-order valence-electron chi connectivity index (χ0n) is 3.52. The quantitative estimate of drug-likeness (QED) is 0.541. The molecule has 38 valence electrons. The highest BCUT2D eigenvalue weighted by Crippen LogP contribution is 2.02. The van der Waals surface area contributed by atoms with Crippen molar-refractivity contribution in [1.82, 2.24) is 5.48 Å². The summed E-state index contributed by atoms with van der Waals surface area (Å²) in [4.78, 5) is 4.64. The lowest BCUT2D eigenvalue weighted by Gasteiger charge is -2.03. The molecule has 0 aromatic heterocycles. The Balaban J connectivity index is 2.57. The molecule has 0 atom stereocenters. The third kappa shape index (κ3) is 1.23. The Morgan fingerprint density at radius 3 is 2.86 bits per heavy atom. The molecule has 0 saturated carbocycles. The van der Waals surface area contributed by atoms with Crippen LogP contribution in [-0.2, 0) is 4.84 Å². The molecule has 7 heavy (non-hydrogen) atoms. The van der Waals surface area contributed by atoms with Crippen LogP contribution >= 0.6 is 15.9 Å². The molecule has 0 amide bonds. The van der Waals surface area contributed by atoms with Crippen molar-refractivity contribution in [1.29, 1.82) is 0 Å². The van der Waals surface area contributed by atoms with Crippen LogP contribution in [0.1, 0.15) is 0 Å². The maximum absolute atomic E-state index is 4.64. The monoisotopic (exact) mass is 161 g/mol. The molecule has 1 rings (SSSR count). The number of allylic oxidation sites excluding steroid dienone is 2. The van der Waals surface area contributed by atoms with Gasteiger partial charge in [0, 0.05) is 0 Å². The van der Waals surface area contributed by atoms with Crippen LogP contribution < -0.4 is 5.48 Å². The molecule has 0 aromatic rings. The summed E-state index contributed by atoms with van der Waals surface area (Å²) in [5.74, 6) is 0. The van der Waals surface area contributed by atoms with Gasteiger partial charge in [0.25, 0.3) is 0 Å². The lowest BCUT2D eigenvalue weighted by atomic mass is 10.6. The van der Waals surface area contributed by atoms with Gasteiger partial charge in [-0.1, -0.05) is 0 Å². The topological polar surface area (TPSA) is 21.3 Å². The minimum absolute atomic E-state index is 0.843. The smallest absolute Gasteiger partial charge is 0.119 e. The molecule has 0 spiro atoms. The van der Waals surface area contributed by atoms with Crippen LogP contribution in [0.25, 0.3) is 0 Å². The van der Waals surface area contributed by atoms with Gasteiger partial charge in [-0.05, 0) is 28.1 Å². The molecule has 3 heteroatoms. The molecule has 0 fully saturated rings. The predicted octanol–water partition coefficient (Wildman–Crippen LogP) is 1.27. The van der Waals surface area contributed by atoms with E-state index < -0.39 is 0 Å². The van der Waals surface area contributed by atoms with E-state index in [1.807, 2.05) is 6.08 Å². The second-order valence-corrected chi connectivity index (χ2v) is 1.92. The van der Waals surface area contributed by atoms with Crippen molar-refractivity contribution in [3.05, 3.63) is 23.0 Å². The molecule has 0 saturated heterocycles. The first-order valence-electron chi connectivity index (χ1n) is 1.83. The standard InChI is InChI=1S/C4H4BrNO/c5-4-2-1-3-7-6-4/h1-3,6H. The molecule has 0 radical (unpaired) electrons. The van der Waals surface area contributed by atoms with Crippen LogP contribution in [0.2, 0.25) is 0 Å². The molecule has 1 N–H and O–H groups in total. The Hall–Kier alpha value is -0.440. The van der Waals surface area contributed by atoms with E-state index in [0.717, 1.165) is 4.61 Å². The zero-order valence-corrected chi connectivity index (χ0v) is 5.10. The van der Waals surface area contributed by atoms with Crippen LogP contribution in [0.5, 0.6) is 0 Å². The zero-order chi connectivity index (χ0) is 5.11. The second kappa shape index (κ2) is 2.02. The van der Waals surface area contributed by atoms with Gasteiger partial charge in [0.1, 0.15) is 10.9 Å². The van der Waals surface area contributed by atoms with Gasteiger partial charge < -0.3 is 4.84 Å². The summed E-state index contributed by atoms with van der Waals surface area (Å²) in [6.45, 7) is 0. The maximum atomic E-state index is 4.64. The molecular formula is C4H4BrNO. The number of hydrogen-bond acceptors (Lipinski definition) is 2. The van der Waals surface area contributed by atoms with E-state index in [2.05, 4.69) is 26.2 Å². The van der Waals surface area contributed by atoms with E-state index in [1.165, 1.54) is 0 Å². The lowest BCUT2D eigenvalue weighted by Crippen LogP contribution is -2.07. The van der Waals surface area contributed by atoms with Gasteiger partial charge in [0.15, 0.2) is 0 Å². The minimum atomic E-state index is 0.843. The van der Waals surface area contributed by atoms with E-state index in [4.69, 9.17) is 0 Å². The van der Waals surface area contributed by atoms with Crippen LogP contribution in [0.15, 0.2) is 23.0 Å². The van der Waals surface area contributed by atoms with Crippen molar-refractivity contribution >= 4 is 15.9 Å². The largest absolute Gasteiger partial charge is 0.390 e. The van der Waals surface area contributed by atoms with Crippen molar-refractivity contribution in [2.24, 2.45) is 0 Å². The van der Waals surface area contributed by atoms with Crippen molar-refractivity contribution in [3.8, 4) is 0 Å². The van der Waals surface area contributed by atoms with Crippen molar-refractivity contribution in [2.75, 3.05) is 0 Å². The number of hydrogen-bond donors (Lipinski definition) is 1. The van der Waals surface area contributed by atoms with Gasteiger partial charge in [0.05, 0.1) is 0 Å². The molecule has 2 nitrogen and oxygen atoms in total. The SMILES string of the molecule is BrC1=CC=CON1. The lowest BCUT2D eigenvalue weighted by molar-refractivity contribution is 0.169. The predicted molar refractivity (Wildman–Crippen MR) is 30.4 cm³/mol. The van der Waals surface area contributed by atoms with Gasteiger partial charge in [-0.2, -0.15) is 0 Å². The van der Waals surface area contributed by atoms with Crippen molar-refractivity contribution < 1.29 is 4.84 Å². The fraction of sp³-hybridized carbons (Fsp3) is 0. The van der Waals surface area contributed by atoms with Gasteiger partial charge in [-0.25, -0.2) is 5.48 Å². The van der Waals surface area contributed by atoms with Gasteiger partial charge >= 0.3 is 0 Å². The van der Waals surface area contributed by atoms with E-state index >= 15 is 0 Å². The maximum Gasteiger partial charge on any atom is 0.119 e. The molecular weight excluding hydrogens is 158 g/mol. The summed E-state index contributed by atoms with van der Waals surface area (Å²) in [5, 5.41) is 0. The third-order valence-electron chi connectivity index (χ3n) is 0.546. The van der Waals surface area contributed by atoms with Gasteiger partial charge in [-0.3, -0.25) is 0 Å². The average Bonchev–Trinajstić information content (AvgIpc) is 1.69. The van der Waals surface area contributed by atoms with Gasteiger partial charge in [-0.15, -0.1) is 0 Å². The Bertz CT molecular complexity index is 119. The molecule has 0 aliphatic carbocycles. The van der Waals surface area contributed by atoms with Crippen LogP contribution in [-0.4, -0.2) is 0 Å². The first-order valence-corrected chi connectivity index (χ1v) is 2.63. The van der Waals surface area contributed by atoms with Crippen molar-refractivity contribution in [3.63, 3.8) is 0 Å². The first kappa shape index (κ1) is 4.71. The summed E-state index contributed by atoms with van der Waals surface area (Å²) in [7, 11) is 0. The van der Waals surface area contributed by atoms with Gasteiger partial charge in [0.2, 0.25) is 0 Å². The first-order chi connectivity index (χ1) is 3.39. The Morgan fingerprint density at radius 2 is 2.57 bits per heavy atom. The molecule has 1 heterocycles. The number of rotatable bonds is 0. The van der Waals surface area contributed by atoms with Crippen molar-refractivity contribution in [2.45, 2.75) is 0 Å². The summed E-state index contributed by atoms with van der Waals surface area (Å²) in [5.41, 5.74) is 2.57. The summed E-state index contributed by atoms with van der Waals surface area (Å²) < 4.78 is 0.843. The highest BCUT2D eigenvalue weighted by atomic mass is 79.9. The number of nitrogens with one attached hydrogen (secondary N) is 1. The highest BCUT2D eigenvalue weighted by molar-refractivity contribution is 9.11. The van der Waals surface area contributed by atoms with Crippen LogP contribution in [0.4, 0.5) is 0 Å². The van der Waals surface area contributed by atoms with E-state index in [1.54, 1.807) is 12.3 Å². The fourth-order valence-electron chi connectivity index (χ4n) is 0.287. The van der Waals surface area contributed by atoms with E-state index in [0.29, 0.717) is 0 Å². The second-order valence-electron chi connectivity index (χ2n) is 1.06. The Labute approximate surface area is 49.9 Å². The summed E-state index contributed by atoms with van der Waals surface area (Å²) in [6, 6.07) is 0. The van der Waals surface area contributed by atoms with E-state index in [9.17, 15) is 0 Å². The molecule has 1 aliphatic heterocycles. The summed E-state index contributed by atoms with van der Waals surface area (Å²) in [6.07, 6.45) is 5.20. The number of halogens is 1. The third-order valence-corrected chi connectivity index (χ3v) is 0.972. The highest BCUT2D eigenvalue weighted by Gasteiger charge is 1.88. The average molecular weight is 162 g/mol. The van der Waals surface area contributed by atoms with E-state index in [-0.39, 0.29) is 0 Å². The number of hydroxylamine groups is 1. The Morgan fingerprint density at radius 1 is 1.71 bits per heavy atom. The summed E-state index contributed by atoms with van der Waals surface area (Å²) >= 11 is 3.16. The van der Waals surface area contributed by atoms with Crippen LogP contribution in [0, 0.1) is 0 Å². The molecule has 1 aliphatic rings. The van der Waals surface area contributed by atoms with Crippen LogP contribution in [0.3, 0.4) is 0 Å². The normalized spacial score (nSPS) is 17.0.